The Labute approximate surface area is 158 Å². The Hall–Kier alpha value is -2.57. The molecule has 3 rings (SSSR count). The van der Waals surface area contributed by atoms with Gasteiger partial charge in [-0.15, -0.1) is 0 Å². The first-order valence-electron chi connectivity index (χ1n) is 9.55. The number of benzene rings is 1. The molecule has 1 atom stereocenters. The largest absolute Gasteiger partial charge is 0.492 e. The Morgan fingerprint density at radius 1 is 1.19 bits per heavy atom. The van der Waals surface area contributed by atoms with Gasteiger partial charge in [-0.05, 0) is 44.7 Å². The summed E-state index contributed by atoms with van der Waals surface area (Å²) >= 11 is 0. The normalized spacial score (nSPS) is 25.3. The van der Waals surface area contributed by atoms with Crippen molar-refractivity contribution in [1.82, 2.24) is 5.32 Å². The SMILES string of the molecule is CCOc1ccccc1N1C[C@H](C(=O)NC2CCC(C(=O)O)CC2)CC1=O. The number of nitrogens with one attached hydrogen (secondary N) is 1. The predicted molar refractivity (Wildman–Crippen MR) is 99.6 cm³/mol. The number of para-hydroxylation sites is 2. The van der Waals surface area contributed by atoms with Crippen LogP contribution in [0.3, 0.4) is 0 Å². The Balaban J connectivity index is 1.59. The summed E-state index contributed by atoms with van der Waals surface area (Å²) < 4.78 is 5.60. The zero-order valence-corrected chi connectivity index (χ0v) is 15.5. The molecule has 2 aliphatic rings. The van der Waals surface area contributed by atoms with Gasteiger partial charge in [0.2, 0.25) is 11.8 Å². The first-order chi connectivity index (χ1) is 13.0. The number of nitrogens with zero attached hydrogens (tertiary/aromatic N) is 1. The van der Waals surface area contributed by atoms with Crippen LogP contribution in [-0.4, -0.2) is 42.1 Å². The summed E-state index contributed by atoms with van der Waals surface area (Å²) in [5, 5.41) is 12.1. The molecule has 1 aromatic rings. The minimum absolute atomic E-state index is 0.00652. The van der Waals surface area contributed by atoms with Crippen LogP contribution >= 0.6 is 0 Å². The lowest BCUT2D eigenvalue weighted by Gasteiger charge is -2.27. The van der Waals surface area contributed by atoms with Crippen molar-refractivity contribution in [2.45, 2.75) is 45.1 Å². The van der Waals surface area contributed by atoms with Crippen LogP contribution in [-0.2, 0) is 14.4 Å². The third-order valence-corrected chi connectivity index (χ3v) is 5.37. The second-order valence-electron chi connectivity index (χ2n) is 7.20. The number of ether oxygens (including phenoxy) is 1. The van der Waals surface area contributed by atoms with Gasteiger partial charge in [-0.25, -0.2) is 0 Å². The fraction of sp³-hybridized carbons (Fsp3) is 0.550. The number of carbonyl (C=O) groups excluding carboxylic acids is 2. The Bertz CT molecular complexity index is 712. The van der Waals surface area contributed by atoms with Crippen LogP contribution in [0.25, 0.3) is 0 Å². The predicted octanol–water partition coefficient (Wildman–Crippen LogP) is 2.20. The number of anilines is 1. The van der Waals surface area contributed by atoms with Crippen LogP contribution in [0.4, 0.5) is 5.69 Å². The summed E-state index contributed by atoms with van der Waals surface area (Å²) in [5.74, 6) is -1.04. The van der Waals surface area contributed by atoms with E-state index in [0.29, 0.717) is 50.3 Å². The molecule has 2 N–H and O–H groups in total. The molecule has 2 amide bonds. The Morgan fingerprint density at radius 2 is 1.89 bits per heavy atom. The lowest BCUT2D eigenvalue weighted by Crippen LogP contribution is -2.42. The minimum atomic E-state index is -0.759. The van der Waals surface area contributed by atoms with Gasteiger partial charge in [0, 0.05) is 19.0 Å². The number of carboxylic acid groups (broad SMARTS) is 1. The highest BCUT2D eigenvalue weighted by Crippen LogP contribution is 2.33. The summed E-state index contributed by atoms with van der Waals surface area (Å²) in [6, 6.07) is 7.34. The molecular weight excluding hydrogens is 348 g/mol. The van der Waals surface area contributed by atoms with Gasteiger partial charge >= 0.3 is 5.97 Å². The van der Waals surface area contributed by atoms with Gasteiger partial charge in [-0.2, -0.15) is 0 Å². The van der Waals surface area contributed by atoms with Crippen LogP contribution in [0.1, 0.15) is 39.0 Å². The van der Waals surface area contributed by atoms with Crippen molar-refractivity contribution in [3.63, 3.8) is 0 Å². The standard InChI is InChI=1S/C20H26N2O5/c1-2-27-17-6-4-3-5-16(17)22-12-14(11-18(22)23)19(24)21-15-9-7-13(8-10-15)20(25)26/h3-6,13-15H,2,7-12H2,1H3,(H,21,24)(H,25,26)/t13?,14-,15?/m1/s1. The monoisotopic (exact) mass is 374 g/mol. The summed E-state index contributed by atoms with van der Waals surface area (Å²) in [7, 11) is 0. The van der Waals surface area contributed by atoms with Crippen molar-refractivity contribution in [2.75, 3.05) is 18.1 Å². The van der Waals surface area contributed by atoms with E-state index in [1.807, 2.05) is 31.2 Å². The Morgan fingerprint density at radius 3 is 2.56 bits per heavy atom. The van der Waals surface area contributed by atoms with Crippen molar-refractivity contribution < 1.29 is 24.2 Å². The highest BCUT2D eigenvalue weighted by Gasteiger charge is 2.37. The topological polar surface area (TPSA) is 95.9 Å². The molecule has 0 unspecified atom stereocenters. The first kappa shape index (κ1) is 19.2. The molecular formula is C20H26N2O5. The number of carboxylic acids is 1. The average Bonchev–Trinajstić information content (AvgIpc) is 3.05. The van der Waals surface area contributed by atoms with Crippen LogP contribution < -0.4 is 15.0 Å². The third-order valence-electron chi connectivity index (χ3n) is 5.37. The number of amides is 2. The lowest BCUT2D eigenvalue weighted by molar-refractivity contribution is -0.142. The van der Waals surface area contributed by atoms with Gasteiger partial charge in [0.05, 0.1) is 24.1 Å². The smallest absolute Gasteiger partial charge is 0.306 e. The van der Waals surface area contributed by atoms with Gasteiger partial charge in [-0.1, -0.05) is 12.1 Å². The molecule has 0 bridgehead atoms. The van der Waals surface area contributed by atoms with Gasteiger partial charge in [0.15, 0.2) is 0 Å². The molecule has 0 radical (unpaired) electrons. The second-order valence-corrected chi connectivity index (χ2v) is 7.20. The number of hydrogen-bond acceptors (Lipinski definition) is 4. The van der Waals surface area contributed by atoms with Crippen molar-refractivity contribution in [2.24, 2.45) is 11.8 Å². The van der Waals surface area contributed by atoms with E-state index in [1.165, 1.54) is 0 Å². The number of hydrogen-bond donors (Lipinski definition) is 2. The van der Waals surface area contributed by atoms with Crippen LogP contribution in [0.15, 0.2) is 24.3 Å². The summed E-state index contributed by atoms with van der Waals surface area (Å²) in [5.41, 5.74) is 0.696. The van der Waals surface area contributed by atoms with E-state index < -0.39 is 11.9 Å². The molecule has 7 heteroatoms. The van der Waals surface area contributed by atoms with Crippen LogP contribution in [0.2, 0.25) is 0 Å². The number of carbonyl (C=O) groups is 3. The number of aliphatic carboxylic acids is 1. The van der Waals surface area contributed by atoms with E-state index in [-0.39, 0.29) is 30.2 Å². The molecule has 1 saturated heterocycles. The maximum absolute atomic E-state index is 12.6. The molecule has 1 aliphatic carbocycles. The summed E-state index contributed by atoms with van der Waals surface area (Å²) in [6.07, 6.45) is 2.67. The van der Waals surface area contributed by atoms with Gasteiger partial charge in [0.1, 0.15) is 5.75 Å². The Kier molecular flexibility index (Phi) is 5.98. The zero-order chi connectivity index (χ0) is 19.4. The van der Waals surface area contributed by atoms with Gasteiger partial charge in [0.25, 0.3) is 0 Å². The molecule has 146 valence electrons. The molecule has 1 aliphatic heterocycles. The molecule has 1 aromatic carbocycles. The maximum Gasteiger partial charge on any atom is 0.306 e. The van der Waals surface area contributed by atoms with Gasteiger partial charge < -0.3 is 20.1 Å². The third kappa shape index (κ3) is 4.40. The highest BCUT2D eigenvalue weighted by atomic mass is 16.5. The molecule has 1 saturated carbocycles. The van der Waals surface area contributed by atoms with Crippen LogP contribution in [0.5, 0.6) is 5.75 Å². The quantitative estimate of drug-likeness (QED) is 0.796. The summed E-state index contributed by atoms with van der Waals surface area (Å²) in [4.78, 5) is 37.8. The van der Waals surface area contributed by atoms with E-state index in [2.05, 4.69) is 5.32 Å². The molecule has 1 heterocycles. The van der Waals surface area contributed by atoms with E-state index in [0.717, 1.165) is 0 Å². The fourth-order valence-electron chi connectivity index (χ4n) is 3.88. The van der Waals surface area contributed by atoms with E-state index in [4.69, 9.17) is 9.84 Å². The van der Waals surface area contributed by atoms with Crippen molar-refractivity contribution in [3.05, 3.63) is 24.3 Å². The molecule has 7 nitrogen and oxygen atoms in total. The summed E-state index contributed by atoms with van der Waals surface area (Å²) in [6.45, 7) is 2.72. The minimum Gasteiger partial charge on any atom is -0.492 e. The molecule has 27 heavy (non-hydrogen) atoms. The van der Waals surface area contributed by atoms with Crippen LogP contribution in [0, 0.1) is 11.8 Å². The van der Waals surface area contributed by atoms with Gasteiger partial charge in [-0.3, -0.25) is 14.4 Å². The van der Waals surface area contributed by atoms with E-state index in [1.54, 1.807) is 4.90 Å². The van der Waals surface area contributed by atoms with E-state index in [9.17, 15) is 14.4 Å². The zero-order valence-electron chi connectivity index (χ0n) is 15.5. The fourth-order valence-corrected chi connectivity index (χ4v) is 3.88. The highest BCUT2D eigenvalue weighted by molar-refractivity contribution is 6.01. The number of rotatable bonds is 6. The second kappa shape index (κ2) is 8.41. The van der Waals surface area contributed by atoms with Crippen molar-refractivity contribution >= 4 is 23.5 Å². The molecule has 0 aromatic heterocycles. The first-order valence-corrected chi connectivity index (χ1v) is 9.55. The molecule has 2 fully saturated rings. The van der Waals surface area contributed by atoms with Crippen molar-refractivity contribution in [1.29, 1.82) is 0 Å². The maximum atomic E-state index is 12.6. The molecule has 0 spiro atoms. The van der Waals surface area contributed by atoms with E-state index >= 15 is 0 Å². The lowest BCUT2D eigenvalue weighted by atomic mass is 9.86. The average molecular weight is 374 g/mol. The van der Waals surface area contributed by atoms with Crippen molar-refractivity contribution in [3.8, 4) is 5.75 Å².